The second-order valence-corrected chi connectivity index (χ2v) is 2.33. The zero-order chi connectivity index (χ0) is 9.84. The van der Waals surface area contributed by atoms with E-state index >= 15 is 0 Å². The highest BCUT2D eigenvalue weighted by Gasteiger charge is 2.11. The van der Waals surface area contributed by atoms with Gasteiger partial charge in [0.15, 0.2) is 0 Å². The second-order valence-electron chi connectivity index (χ2n) is 2.33. The number of carbonyl (C=O) groups excluding carboxylic acids is 1. The van der Waals surface area contributed by atoms with Crippen molar-refractivity contribution in [3.63, 3.8) is 0 Å². The van der Waals surface area contributed by atoms with Gasteiger partial charge in [0.25, 0.3) is 0 Å². The first-order valence-electron chi connectivity index (χ1n) is 3.53. The summed E-state index contributed by atoms with van der Waals surface area (Å²) in [6.07, 6.45) is 5.09. The first-order chi connectivity index (χ1) is 6.19. The lowest BCUT2D eigenvalue weighted by Gasteiger charge is -2.00. The van der Waals surface area contributed by atoms with Gasteiger partial charge >= 0.3 is 5.97 Å². The van der Waals surface area contributed by atoms with Crippen LogP contribution >= 0.6 is 0 Å². The quantitative estimate of drug-likeness (QED) is 0.482. The molecule has 0 N–H and O–H groups in total. The van der Waals surface area contributed by atoms with Crippen LogP contribution in [0.25, 0.3) is 0 Å². The van der Waals surface area contributed by atoms with E-state index < -0.39 is 11.8 Å². The summed E-state index contributed by atoms with van der Waals surface area (Å²) in [7, 11) is 1.18. The van der Waals surface area contributed by atoms with Crippen molar-refractivity contribution in [3.8, 4) is 12.3 Å². The van der Waals surface area contributed by atoms with Crippen molar-refractivity contribution in [2.45, 2.75) is 0 Å². The zero-order valence-corrected chi connectivity index (χ0v) is 7.00. The number of carbonyl (C=O) groups is 1. The molecule has 1 aromatic carbocycles. The Labute approximate surface area is 75.3 Å². The van der Waals surface area contributed by atoms with E-state index in [1.165, 1.54) is 19.2 Å². The molecule has 13 heavy (non-hydrogen) atoms. The molecule has 0 bridgehead atoms. The minimum atomic E-state index is -0.727. The third-order valence-electron chi connectivity index (χ3n) is 1.54. The van der Waals surface area contributed by atoms with E-state index in [1.807, 2.05) is 0 Å². The molecule has 0 aromatic heterocycles. The predicted molar refractivity (Wildman–Crippen MR) is 45.7 cm³/mol. The van der Waals surface area contributed by atoms with E-state index in [1.54, 1.807) is 0 Å². The molecule has 0 amide bonds. The molecule has 1 aromatic rings. The lowest BCUT2D eigenvalue weighted by atomic mass is 10.1. The van der Waals surface area contributed by atoms with Gasteiger partial charge in [0.2, 0.25) is 0 Å². The van der Waals surface area contributed by atoms with Crippen LogP contribution in [0.2, 0.25) is 0 Å². The molecule has 0 aliphatic heterocycles. The van der Waals surface area contributed by atoms with Gasteiger partial charge in [0.05, 0.1) is 12.7 Å². The molecular weight excluding hydrogens is 171 g/mol. The Hall–Kier alpha value is -1.82. The van der Waals surface area contributed by atoms with Crippen LogP contribution in [0.15, 0.2) is 18.2 Å². The van der Waals surface area contributed by atoms with Gasteiger partial charge < -0.3 is 4.74 Å². The topological polar surface area (TPSA) is 26.3 Å². The molecular formula is C10H7FO2. The van der Waals surface area contributed by atoms with Gasteiger partial charge in [0.1, 0.15) is 5.82 Å². The van der Waals surface area contributed by atoms with Crippen molar-refractivity contribution in [3.05, 3.63) is 35.1 Å². The average molecular weight is 178 g/mol. The summed E-state index contributed by atoms with van der Waals surface area (Å²) in [6, 6.07) is 3.84. The monoisotopic (exact) mass is 178 g/mol. The van der Waals surface area contributed by atoms with E-state index in [-0.39, 0.29) is 5.56 Å². The Morgan fingerprint density at radius 2 is 2.31 bits per heavy atom. The Kier molecular flexibility index (Phi) is 2.65. The first kappa shape index (κ1) is 9.27. The van der Waals surface area contributed by atoms with Crippen LogP contribution in [0.4, 0.5) is 4.39 Å². The highest BCUT2D eigenvalue weighted by Crippen LogP contribution is 2.10. The van der Waals surface area contributed by atoms with E-state index in [9.17, 15) is 9.18 Å². The van der Waals surface area contributed by atoms with Gasteiger partial charge in [-0.25, -0.2) is 9.18 Å². The summed E-state index contributed by atoms with van der Waals surface area (Å²) in [4.78, 5) is 11.0. The highest BCUT2D eigenvalue weighted by molar-refractivity contribution is 5.90. The molecule has 0 unspecified atom stereocenters. The maximum atomic E-state index is 13.0. The number of hydrogen-bond donors (Lipinski definition) is 0. The summed E-state index contributed by atoms with van der Waals surface area (Å²) in [6.45, 7) is 0. The summed E-state index contributed by atoms with van der Waals surface area (Å²) in [5.41, 5.74) is 0.305. The largest absolute Gasteiger partial charge is 0.465 e. The maximum absolute atomic E-state index is 13.0. The zero-order valence-electron chi connectivity index (χ0n) is 7.00. The van der Waals surface area contributed by atoms with Crippen molar-refractivity contribution in [2.24, 2.45) is 0 Å². The summed E-state index contributed by atoms with van der Waals surface area (Å²) < 4.78 is 17.3. The second kappa shape index (κ2) is 3.72. The van der Waals surface area contributed by atoms with E-state index in [0.29, 0.717) is 5.56 Å². The molecule has 0 saturated carbocycles. The summed E-state index contributed by atoms with van der Waals surface area (Å²) in [5, 5.41) is 0. The van der Waals surface area contributed by atoms with Gasteiger partial charge in [-0.15, -0.1) is 6.42 Å². The molecule has 0 spiro atoms. The van der Waals surface area contributed by atoms with Gasteiger partial charge in [-0.3, -0.25) is 0 Å². The van der Waals surface area contributed by atoms with Crippen LogP contribution in [0.1, 0.15) is 15.9 Å². The summed E-state index contributed by atoms with van der Waals surface area (Å²) in [5.74, 6) is 0.938. The highest BCUT2D eigenvalue weighted by atomic mass is 19.1. The van der Waals surface area contributed by atoms with E-state index in [0.717, 1.165) is 6.07 Å². The number of esters is 1. The number of terminal acetylenes is 1. The smallest absolute Gasteiger partial charge is 0.340 e. The fraction of sp³-hybridized carbons (Fsp3) is 0.100. The molecule has 0 aliphatic carbocycles. The fourth-order valence-electron chi connectivity index (χ4n) is 0.881. The summed E-state index contributed by atoms with van der Waals surface area (Å²) >= 11 is 0. The standard InChI is InChI=1S/C10H7FO2/c1-3-7-4-5-9(11)8(6-7)10(12)13-2/h1,4-6H,2H3. The number of halogens is 1. The number of methoxy groups -OCH3 is 1. The molecule has 66 valence electrons. The van der Waals surface area contributed by atoms with Crippen LogP contribution in [-0.2, 0) is 4.74 Å². The number of hydrogen-bond acceptors (Lipinski definition) is 2. The van der Waals surface area contributed by atoms with Crippen molar-refractivity contribution in [2.75, 3.05) is 7.11 Å². The normalized spacial score (nSPS) is 9.00. The van der Waals surface area contributed by atoms with Gasteiger partial charge in [-0.2, -0.15) is 0 Å². The van der Waals surface area contributed by atoms with Gasteiger partial charge in [-0.1, -0.05) is 5.92 Å². The Morgan fingerprint density at radius 3 is 2.85 bits per heavy atom. The van der Waals surface area contributed by atoms with Crippen molar-refractivity contribution < 1.29 is 13.9 Å². The molecule has 0 radical (unpaired) electrons. The fourth-order valence-corrected chi connectivity index (χ4v) is 0.881. The Balaban J connectivity index is 3.20. The lowest BCUT2D eigenvalue weighted by molar-refractivity contribution is 0.0595. The number of ether oxygens (including phenoxy) is 1. The molecule has 0 fully saturated rings. The third-order valence-corrected chi connectivity index (χ3v) is 1.54. The SMILES string of the molecule is C#Cc1ccc(F)c(C(=O)OC)c1. The van der Waals surface area contributed by atoms with Crippen LogP contribution < -0.4 is 0 Å². The van der Waals surface area contributed by atoms with Crippen molar-refractivity contribution >= 4 is 5.97 Å². The van der Waals surface area contributed by atoms with Crippen LogP contribution in [0, 0.1) is 18.2 Å². The average Bonchev–Trinajstić information content (AvgIpc) is 2.17. The third kappa shape index (κ3) is 1.85. The van der Waals surface area contributed by atoms with Gasteiger partial charge in [-0.05, 0) is 18.2 Å². The minimum Gasteiger partial charge on any atom is -0.465 e. The first-order valence-corrected chi connectivity index (χ1v) is 3.53. The Bertz CT molecular complexity index is 377. The maximum Gasteiger partial charge on any atom is 0.340 e. The molecule has 0 heterocycles. The van der Waals surface area contributed by atoms with Crippen molar-refractivity contribution in [1.82, 2.24) is 0 Å². The molecule has 1 rings (SSSR count). The minimum absolute atomic E-state index is 0.141. The van der Waals surface area contributed by atoms with Crippen LogP contribution in [-0.4, -0.2) is 13.1 Å². The number of rotatable bonds is 1. The lowest BCUT2D eigenvalue weighted by Crippen LogP contribution is -2.04. The van der Waals surface area contributed by atoms with Crippen molar-refractivity contribution in [1.29, 1.82) is 0 Å². The molecule has 0 atom stereocenters. The molecule has 2 nitrogen and oxygen atoms in total. The predicted octanol–water partition coefficient (Wildman–Crippen LogP) is 1.59. The molecule has 3 heteroatoms. The molecule has 0 aliphatic rings. The van der Waals surface area contributed by atoms with E-state index in [2.05, 4.69) is 10.7 Å². The molecule has 0 saturated heterocycles. The van der Waals surface area contributed by atoms with E-state index in [4.69, 9.17) is 6.42 Å². The van der Waals surface area contributed by atoms with Crippen LogP contribution in [0.5, 0.6) is 0 Å². The Morgan fingerprint density at radius 1 is 1.62 bits per heavy atom. The van der Waals surface area contributed by atoms with Crippen LogP contribution in [0.3, 0.4) is 0 Å². The number of benzene rings is 1. The van der Waals surface area contributed by atoms with Gasteiger partial charge in [0, 0.05) is 5.56 Å².